The molecule has 0 saturated heterocycles. The van der Waals surface area contributed by atoms with Gasteiger partial charge in [0.1, 0.15) is 11.4 Å². The zero-order valence-corrected chi connectivity index (χ0v) is 16.7. The van der Waals surface area contributed by atoms with Crippen molar-refractivity contribution in [1.29, 1.82) is 0 Å². The lowest BCUT2D eigenvalue weighted by atomic mass is 9.92. The van der Waals surface area contributed by atoms with Crippen molar-refractivity contribution in [2.45, 2.75) is 17.4 Å². The highest BCUT2D eigenvalue weighted by Crippen LogP contribution is 2.30. The standard InChI is InChI=1S/C23H20FN3OS/c1-16-14-19(10-13-21(16)26-2)27-22(28)23(25,17-6-4-3-5-7-17)15-29-20-11-8-18(24)9-12-20/h3-14H,15,25H2,1H3,(H,27,28)/t23-/m1/s1. The molecule has 1 amide bonds. The van der Waals surface area contributed by atoms with Crippen LogP contribution in [0.1, 0.15) is 11.1 Å². The molecule has 4 nitrogen and oxygen atoms in total. The van der Waals surface area contributed by atoms with E-state index in [0.717, 1.165) is 10.5 Å². The molecule has 0 bridgehead atoms. The van der Waals surface area contributed by atoms with Crippen molar-refractivity contribution in [2.75, 3.05) is 11.1 Å². The molecule has 3 aromatic carbocycles. The summed E-state index contributed by atoms with van der Waals surface area (Å²) >= 11 is 1.39. The van der Waals surface area contributed by atoms with Crippen LogP contribution in [0.2, 0.25) is 0 Å². The molecule has 0 aromatic heterocycles. The molecule has 146 valence electrons. The molecule has 0 aliphatic rings. The average Bonchev–Trinajstić information content (AvgIpc) is 2.74. The number of hydrogen-bond donors (Lipinski definition) is 2. The zero-order valence-electron chi connectivity index (χ0n) is 15.9. The van der Waals surface area contributed by atoms with E-state index < -0.39 is 5.54 Å². The van der Waals surface area contributed by atoms with Crippen LogP contribution in [0.5, 0.6) is 0 Å². The largest absolute Gasteiger partial charge is 0.324 e. The van der Waals surface area contributed by atoms with Crippen LogP contribution >= 0.6 is 11.8 Å². The van der Waals surface area contributed by atoms with E-state index in [1.807, 2.05) is 37.3 Å². The Labute approximate surface area is 173 Å². The van der Waals surface area contributed by atoms with Crippen LogP contribution in [0.4, 0.5) is 15.8 Å². The average molecular weight is 405 g/mol. The lowest BCUT2D eigenvalue weighted by Gasteiger charge is -2.28. The van der Waals surface area contributed by atoms with E-state index in [-0.39, 0.29) is 17.5 Å². The molecule has 0 unspecified atom stereocenters. The molecular formula is C23H20FN3OS. The summed E-state index contributed by atoms with van der Waals surface area (Å²) < 4.78 is 13.2. The first-order valence-corrected chi connectivity index (χ1v) is 9.93. The second-order valence-electron chi connectivity index (χ2n) is 6.65. The number of nitrogens with one attached hydrogen (secondary N) is 1. The summed E-state index contributed by atoms with van der Waals surface area (Å²) in [6.45, 7) is 8.97. The maximum absolute atomic E-state index is 13.2. The summed E-state index contributed by atoms with van der Waals surface area (Å²) in [6.07, 6.45) is 0. The Balaban J connectivity index is 1.86. The van der Waals surface area contributed by atoms with Gasteiger partial charge >= 0.3 is 0 Å². The molecule has 6 heteroatoms. The number of nitrogens with zero attached hydrogens (tertiary/aromatic N) is 1. The number of anilines is 1. The van der Waals surface area contributed by atoms with Gasteiger partial charge in [0.05, 0.1) is 6.57 Å². The maximum atomic E-state index is 13.2. The van der Waals surface area contributed by atoms with Crippen LogP contribution in [0.3, 0.4) is 0 Å². The van der Waals surface area contributed by atoms with Gasteiger partial charge in [-0.3, -0.25) is 4.79 Å². The Kier molecular flexibility index (Phi) is 6.32. The number of halogens is 1. The second-order valence-corrected chi connectivity index (χ2v) is 7.70. The number of thioether (sulfide) groups is 1. The van der Waals surface area contributed by atoms with Gasteiger partial charge in [-0.25, -0.2) is 9.24 Å². The Morgan fingerprint density at radius 3 is 2.45 bits per heavy atom. The number of aryl methyl sites for hydroxylation is 1. The monoisotopic (exact) mass is 405 g/mol. The summed E-state index contributed by atoms with van der Waals surface area (Å²) in [4.78, 5) is 17.5. The SMILES string of the molecule is [C-]#[N+]c1ccc(NC(=O)[C@@](N)(CSc2ccc(F)cc2)c2ccccc2)cc1C. The van der Waals surface area contributed by atoms with Crippen molar-refractivity contribution < 1.29 is 9.18 Å². The lowest BCUT2D eigenvalue weighted by molar-refractivity contribution is -0.120. The fourth-order valence-electron chi connectivity index (χ4n) is 2.84. The van der Waals surface area contributed by atoms with Gasteiger partial charge in [-0.05, 0) is 54.4 Å². The van der Waals surface area contributed by atoms with Gasteiger partial charge < -0.3 is 11.1 Å². The molecular weight excluding hydrogens is 385 g/mol. The first kappa shape index (κ1) is 20.6. The molecule has 0 aliphatic heterocycles. The Bertz CT molecular complexity index is 1050. The molecule has 3 rings (SSSR count). The summed E-state index contributed by atoms with van der Waals surface area (Å²) in [5.74, 6) is -0.395. The van der Waals surface area contributed by atoms with Gasteiger partial charge in [-0.2, -0.15) is 0 Å². The predicted octanol–water partition coefficient (Wildman–Crippen LogP) is 5.27. The Morgan fingerprint density at radius 2 is 1.83 bits per heavy atom. The van der Waals surface area contributed by atoms with Gasteiger partial charge in [-0.15, -0.1) is 11.8 Å². The summed E-state index contributed by atoms with van der Waals surface area (Å²) in [6, 6.07) is 20.4. The number of hydrogen-bond acceptors (Lipinski definition) is 3. The van der Waals surface area contributed by atoms with Crippen LogP contribution in [0, 0.1) is 19.3 Å². The topological polar surface area (TPSA) is 59.5 Å². The number of benzene rings is 3. The highest BCUT2D eigenvalue weighted by Gasteiger charge is 2.36. The van der Waals surface area contributed by atoms with Crippen molar-refractivity contribution >= 4 is 29.0 Å². The number of carbonyl (C=O) groups is 1. The van der Waals surface area contributed by atoms with Crippen molar-refractivity contribution in [1.82, 2.24) is 0 Å². The van der Waals surface area contributed by atoms with E-state index in [9.17, 15) is 9.18 Å². The Hall–Kier alpha value is -3.14. The lowest BCUT2D eigenvalue weighted by Crippen LogP contribution is -2.50. The van der Waals surface area contributed by atoms with Crippen molar-refractivity contribution in [3.63, 3.8) is 0 Å². The maximum Gasteiger partial charge on any atom is 0.249 e. The van der Waals surface area contributed by atoms with Crippen LogP contribution in [-0.4, -0.2) is 11.7 Å². The van der Waals surface area contributed by atoms with Crippen molar-refractivity contribution in [2.24, 2.45) is 5.73 Å². The highest BCUT2D eigenvalue weighted by atomic mass is 32.2. The van der Waals surface area contributed by atoms with Crippen LogP contribution in [0.25, 0.3) is 4.85 Å². The molecule has 0 heterocycles. The molecule has 0 saturated carbocycles. The predicted molar refractivity (Wildman–Crippen MR) is 116 cm³/mol. The molecule has 0 fully saturated rings. The number of rotatable bonds is 6. The normalized spacial score (nSPS) is 12.6. The molecule has 0 radical (unpaired) electrons. The minimum absolute atomic E-state index is 0.271. The van der Waals surface area contributed by atoms with E-state index in [2.05, 4.69) is 10.2 Å². The minimum atomic E-state index is -1.30. The third kappa shape index (κ3) is 4.83. The van der Waals surface area contributed by atoms with E-state index in [4.69, 9.17) is 12.3 Å². The van der Waals surface area contributed by atoms with Crippen molar-refractivity contribution in [3.05, 3.63) is 101 Å². The van der Waals surface area contributed by atoms with E-state index in [1.165, 1.54) is 23.9 Å². The zero-order chi connectivity index (χ0) is 20.9. The molecule has 3 aromatic rings. The molecule has 29 heavy (non-hydrogen) atoms. The fourth-order valence-corrected chi connectivity index (χ4v) is 3.87. The molecule has 0 spiro atoms. The van der Waals surface area contributed by atoms with Crippen LogP contribution in [-0.2, 0) is 10.3 Å². The van der Waals surface area contributed by atoms with E-state index >= 15 is 0 Å². The van der Waals surface area contributed by atoms with E-state index in [1.54, 1.807) is 30.3 Å². The first-order chi connectivity index (χ1) is 13.9. The minimum Gasteiger partial charge on any atom is -0.324 e. The molecule has 0 aliphatic carbocycles. The van der Waals surface area contributed by atoms with Crippen LogP contribution in [0.15, 0.2) is 77.7 Å². The summed E-state index contributed by atoms with van der Waals surface area (Å²) in [5.41, 5.74) is 7.91. The third-order valence-electron chi connectivity index (χ3n) is 4.55. The molecule has 1 atom stereocenters. The van der Waals surface area contributed by atoms with Gasteiger partial charge in [-0.1, -0.05) is 36.4 Å². The quantitative estimate of drug-likeness (QED) is 0.434. The van der Waals surface area contributed by atoms with Gasteiger partial charge in [0.2, 0.25) is 5.91 Å². The molecule has 3 N–H and O–H groups in total. The smallest absolute Gasteiger partial charge is 0.249 e. The summed E-state index contributed by atoms with van der Waals surface area (Å²) in [5, 5.41) is 2.88. The number of nitrogens with two attached hydrogens (primary N) is 1. The Morgan fingerprint density at radius 1 is 1.14 bits per heavy atom. The van der Waals surface area contributed by atoms with Crippen LogP contribution < -0.4 is 11.1 Å². The number of amides is 1. The van der Waals surface area contributed by atoms with Gasteiger partial charge in [0.15, 0.2) is 5.69 Å². The first-order valence-electron chi connectivity index (χ1n) is 8.95. The van der Waals surface area contributed by atoms with E-state index in [0.29, 0.717) is 16.9 Å². The second kappa shape index (κ2) is 8.91. The van der Waals surface area contributed by atoms with Gasteiger partial charge in [0.25, 0.3) is 0 Å². The summed E-state index contributed by atoms with van der Waals surface area (Å²) in [7, 11) is 0. The van der Waals surface area contributed by atoms with Crippen molar-refractivity contribution in [3.8, 4) is 0 Å². The van der Waals surface area contributed by atoms with Gasteiger partial charge in [0, 0.05) is 16.3 Å². The fraction of sp³-hybridized carbons (Fsp3) is 0.130. The third-order valence-corrected chi connectivity index (χ3v) is 5.75. The number of carbonyl (C=O) groups excluding carboxylic acids is 1. The highest BCUT2D eigenvalue weighted by molar-refractivity contribution is 7.99.